The molecule has 1 fully saturated rings. The fourth-order valence-electron chi connectivity index (χ4n) is 2.83. The second-order valence-corrected chi connectivity index (χ2v) is 6.93. The van der Waals surface area contributed by atoms with E-state index in [1.165, 1.54) is 25.6 Å². The van der Waals surface area contributed by atoms with E-state index in [9.17, 15) is 14.4 Å². The lowest BCUT2D eigenvalue weighted by Gasteiger charge is -2.15. The van der Waals surface area contributed by atoms with Gasteiger partial charge in [-0.05, 0) is 24.1 Å². The number of anilines is 1. The molecule has 0 radical (unpaired) electrons. The number of hydrogen-bond acceptors (Lipinski definition) is 7. The van der Waals surface area contributed by atoms with Crippen molar-refractivity contribution in [3.8, 4) is 11.5 Å². The summed E-state index contributed by atoms with van der Waals surface area (Å²) in [5.41, 5.74) is 0.725. The Balaban J connectivity index is 1.58. The number of aromatic nitrogens is 1. The highest BCUT2D eigenvalue weighted by Crippen LogP contribution is 2.28. The predicted molar refractivity (Wildman–Crippen MR) is 102 cm³/mol. The van der Waals surface area contributed by atoms with E-state index in [-0.39, 0.29) is 31.2 Å². The normalized spacial score (nSPS) is 16.1. The number of urea groups is 1. The number of thiazole rings is 1. The van der Waals surface area contributed by atoms with Gasteiger partial charge in [0.2, 0.25) is 5.91 Å². The van der Waals surface area contributed by atoms with Crippen molar-refractivity contribution in [2.45, 2.75) is 25.4 Å². The van der Waals surface area contributed by atoms with Gasteiger partial charge in [0.1, 0.15) is 6.04 Å². The molecule has 1 aromatic heterocycles. The number of carbonyl (C=O) groups is 3. The van der Waals surface area contributed by atoms with Crippen molar-refractivity contribution in [2.75, 3.05) is 19.5 Å². The van der Waals surface area contributed by atoms with Crippen LogP contribution < -0.4 is 20.1 Å². The number of hydrogen-bond donors (Lipinski definition) is 2. The zero-order valence-corrected chi connectivity index (χ0v) is 16.2. The van der Waals surface area contributed by atoms with Crippen LogP contribution in [0.2, 0.25) is 0 Å². The molecular weight excluding hydrogens is 384 g/mol. The summed E-state index contributed by atoms with van der Waals surface area (Å²) < 4.78 is 10.4. The van der Waals surface area contributed by atoms with Crippen molar-refractivity contribution < 1.29 is 23.9 Å². The van der Waals surface area contributed by atoms with Crippen LogP contribution in [0.4, 0.5) is 9.93 Å². The average Bonchev–Trinajstić information content (AvgIpc) is 3.29. The first-order valence-electron chi connectivity index (χ1n) is 8.54. The van der Waals surface area contributed by atoms with Crippen LogP contribution in [0.25, 0.3) is 0 Å². The molecule has 1 saturated heterocycles. The molecule has 1 unspecified atom stereocenters. The average molecular weight is 404 g/mol. The molecule has 28 heavy (non-hydrogen) atoms. The van der Waals surface area contributed by atoms with E-state index >= 15 is 0 Å². The number of imide groups is 1. The second-order valence-electron chi connectivity index (χ2n) is 6.04. The lowest BCUT2D eigenvalue weighted by Crippen LogP contribution is -2.31. The Morgan fingerprint density at radius 3 is 2.75 bits per heavy atom. The minimum Gasteiger partial charge on any atom is -0.493 e. The van der Waals surface area contributed by atoms with Crippen molar-refractivity contribution in [3.63, 3.8) is 0 Å². The van der Waals surface area contributed by atoms with Crippen molar-refractivity contribution in [1.29, 1.82) is 0 Å². The van der Waals surface area contributed by atoms with E-state index in [1.807, 2.05) is 0 Å². The highest BCUT2D eigenvalue weighted by Gasteiger charge is 2.37. The minimum absolute atomic E-state index is 0.0977. The fourth-order valence-corrected chi connectivity index (χ4v) is 3.37. The Hall–Kier alpha value is -3.14. The van der Waals surface area contributed by atoms with Crippen molar-refractivity contribution in [2.24, 2.45) is 0 Å². The van der Waals surface area contributed by atoms with E-state index in [0.29, 0.717) is 16.6 Å². The van der Waals surface area contributed by atoms with Crippen molar-refractivity contribution in [3.05, 3.63) is 35.3 Å². The Bertz CT molecular complexity index is 871. The lowest BCUT2D eigenvalue weighted by molar-refractivity contribution is -0.128. The van der Waals surface area contributed by atoms with E-state index in [4.69, 9.17) is 9.47 Å². The molecule has 0 spiro atoms. The highest BCUT2D eigenvalue weighted by atomic mass is 32.1. The van der Waals surface area contributed by atoms with Gasteiger partial charge in [-0.3, -0.25) is 14.5 Å². The van der Waals surface area contributed by atoms with Gasteiger partial charge in [0, 0.05) is 18.0 Å². The van der Waals surface area contributed by atoms with Gasteiger partial charge < -0.3 is 20.1 Å². The van der Waals surface area contributed by atoms with Crippen LogP contribution >= 0.6 is 11.3 Å². The largest absolute Gasteiger partial charge is 0.493 e. The van der Waals surface area contributed by atoms with Crippen molar-refractivity contribution >= 4 is 34.3 Å². The van der Waals surface area contributed by atoms with Crippen LogP contribution in [0.15, 0.2) is 29.8 Å². The number of nitrogens with zero attached hydrogens (tertiary/aromatic N) is 2. The Labute approximate surface area is 165 Å². The zero-order valence-electron chi connectivity index (χ0n) is 15.4. The topological polar surface area (TPSA) is 110 Å². The summed E-state index contributed by atoms with van der Waals surface area (Å²) in [6.45, 7) is 0.104. The number of ether oxygens (including phenoxy) is 2. The SMILES string of the molecule is COc1ccc(CN2C(=O)NC(CCC(=O)Nc3nccs3)C2=O)cc1OC. The van der Waals surface area contributed by atoms with E-state index < -0.39 is 12.1 Å². The maximum atomic E-state index is 12.6. The molecule has 1 aliphatic rings. The first kappa shape index (κ1) is 19.6. The highest BCUT2D eigenvalue weighted by molar-refractivity contribution is 7.13. The fraction of sp³-hybridized carbons (Fsp3) is 0.333. The first-order valence-corrected chi connectivity index (χ1v) is 9.42. The van der Waals surface area contributed by atoms with Crippen LogP contribution in [0.1, 0.15) is 18.4 Å². The van der Waals surface area contributed by atoms with Gasteiger partial charge in [0.05, 0.1) is 20.8 Å². The summed E-state index contributed by atoms with van der Waals surface area (Å²) in [7, 11) is 3.05. The quantitative estimate of drug-likeness (QED) is 0.651. The molecule has 1 aromatic carbocycles. The maximum Gasteiger partial charge on any atom is 0.325 e. The van der Waals surface area contributed by atoms with Crippen LogP contribution in [0, 0.1) is 0 Å². The smallest absolute Gasteiger partial charge is 0.325 e. The number of rotatable bonds is 8. The van der Waals surface area contributed by atoms with Gasteiger partial charge in [-0.25, -0.2) is 9.78 Å². The summed E-state index contributed by atoms with van der Waals surface area (Å²) in [6, 6.07) is 3.98. The van der Waals surface area contributed by atoms with Crippen LogP contribution in [-0.2, 0) is 16.1 Å². The number of methoxy groups -OCH3 is 2. The predicted octanol–water partition coefficient (Wildman–Crippen LogP) is 2.00. The molecular formula is C18H20N4O5S. The summed E-state index contributed by atoms with van der Waals surface area (Å²) >= 11 is 1.31. The van der Waals surface area contributed by atoms with Crippen molar-refractivity contribution in [1.82, 2.24) is 15.2 Å². The van der Waals surface area contributed by atoms with Gasteiger partial charge in [-0.1, -0.05) is 6.07 Å². The zero-order chi connectivity index (χ0) is 20.1. The second kappa shape index (κ2) is 8.70. The van der Waals surface area contributed by atoms with Crippen LogP contribution in [0.5, 0.6) is 11.5 Å². The van der Waals surface area contributed by atoms with E-state index in [2.05, 4.69) is 15.6 Å². The molecule has 4 amide bonds. The molecule has 0 saturated carbocycles. The number of nitrogens with one attached hydrogen (secondary N) is 2. The minimum atomic E-state index is -0.727. The first-order chi connectivity index (χ1) is 13.5. The molecule has 148 valence electrons. The maximum absolute atomic E-state index is 12.6. The van der Waals surface area contributed by atoms with Gasteiger partial charge in [-0.15, -0.1) is 11.3 Å². The molecule has 9 nitrogen and oxygen atoms in total. The Morgan fingerprint density at radius 2 is 2.07 bits per heavy atom. The number of carbonyl (C=O) groups excluding carboxylic acids is 3. The van der Waals surface area contributed by atoms with E-state index in [0.717, 1.165) is 10.5 Å². The van der Waals surface area contributed by atoms with Gasteiger partial charge in [0.15, 0.2) is 16.6 Å². The summed E-state index contributed by atoms with van der Waals surface area (Å²) in [5, 5.41) is 7.53. The summed E-state index contributed by atoms with van der Waals surface area (Å²) in [6.07, 6.45) is 1.90. The summed E-state index contributed by atoms with van der Waals surface area (Å²) in [4.78, 5) is 41.8. The third-order valence-corrected chi connectivity index (χ3v) is 4.92. The number of amides is 4. The van der Waals surface area contributed by atoms with Gasteiger partial charge >= 0.3 is 6.03 Å². The molecule has 1 atom stereocenters. The van der Waals surface area contributed by atoms with Crippen LogP contribution in [-0.4, -0.2) is 48.0 Å². The molecule has 0 aliphatic carbocycles. The molecule has 3 rings (SSSR count). The Kier molecular flexibility index (Phi) is 6.09. The lowest BCUT2D eigenvalue weighted by atomic mass is 10.1. The molecule has 10 heteroatoms. The van der Waals surface area contributed by atoms with Gasteiger partial charge in [-0.2, -0.15) is 0 Å². The standard InChI is InChI=1S/C18H20N4O5S/c1-26-13-5-3-11(9-14(13)27-2)10-22-16(24)12(20-18(22)25)4-6-15(23)21-17-19-7-8-28-17/h3,5,7-9,12H,4,6,10H2,1-2H3,(H,20,25)(H,19,21,23). The molecule has 2 N–H and O–H groups in total. The monoisotopic (exact) mass is 404 g/mol. The van der Waals surface area contributed by atoms with E-state index in [1.54, 1.807) is 29.8 Å². The molecule has 0 bridgehead atoms. The van der Waals surface area contributed by atoms with Crippen LogP contribution in [0.3, 0.4) is 0 Å². The molecule has 2 aromatic rings. The van der Waals surface area contributed by atoms with Gasteiger partial charge in [0.25, 0.3) is 5.91 Å². The molecule has 2 heterocycles. The third-order valence-electron chi connectivity index (χ3n) is 4.23. The summed E-state index contributed by atoms with van der Waals surface area (Å²) in [5.74, 6) is 0.465. The number of benzene rings is 1. The third kappa shape index (κ3) is 4.39. The Morgan fingerprint density at radius 1 is 1.29 bits per heavy atom. The molecule has 1 aliphatic heterocycles.